The number of aromatic amines is 1. The van der Waals surface area contributed by atoms with E-state index in [0.717, 1.165) is 16.9 Å². The van der Waals surface area contributed by atoms with Crippen LogP contribution in [0.15, 0.2) is 34.4 Å². The second-order valence-corrected chi connectivity index (χ2v) is 7.07. The molecular formula is C19H18N2O4S. The normalized spacial score (nSPS) is 18.7. The number of ether oxygens (including phenoxy) is 2. The summed E-state index contributed by atoms with van der Waals surface area (Å²) >= 11 is 1.43. The lowest BCUT2D eigenvalue weighted by molar-refractivity contribution is -0.144. The molecule has 6 nitrogen and oxygen atoms in total. The van der Waals surface area contributed by atoms with Crippen molar-refractivity contribution in [2.24, 2.45) is 5.92 Å². The highest BCUT2D eigenvalue weighted by Crippen LogP contribution is 2.47. The lowest BCUT2D eigenvalue weighted by Crippen LogP contribution is -2.13. The van der Waals surface area contributed by atoms with Crippen LogP contribution in [0.1, 0.15) is 25.1 Å². The Morgan fingerprint density at radius 1 is 1.35 bits per heavy atom. The van der Waals surface area contributed by atoms with Crippen molar-refractivity contribution in [2.45, 2.75) is 19.3 Å². The number of benzene rings is 1. The predicted octanol–water partition coefficient (Wildman–Crippen LogP) is 3.33. The van der Waals surface area contributed by atoms with E-state index in [1.54, 1.807) is 14.0 Å². The van der Waals surface area contributed by atoms with Gasteiger partial charge in [-0.05, 0) is 31.0 Å². The third kappa shape index (κ3) is 2.88. The first-order valence-electron chi connectivity index (χ1n) is 8.44. The van der Waals surface area contributed by atoms with E-state index in [2.05, 4.69) is 9.97 Å². The number of esters is 1. The van der Waals surface area contributed by atoms with Crippen molar-refractivity contribution in [3.05, 3.63) is 45.8 Å². The van der Waals surface area contributed by atoms with E-state index >= 15 is 0 Å². The Kier molecular flexibility index (Phi) is 4.24. The molecule has 0 bridgehead atoms. The summed E-state index contributed by atoms with van der Waals surface area (Å²) < 4.78 is 10.2. The van der Waals surface area contributed by atoms with Gasteiger partial charge < -0.3 is 14.5 Å². The summed E-state index contributed by atoms with van der Waals surface area (Å²) in [6.45, 7) is 2.15. The van der Waals surface area contributed by atoms with Crippen LogP contribution in [-0.4, -0.2) is 29.7 Å². The van der Waals surface area contributed by atoms with Crippen molar-refractivity contribution in [3.63, 3.8) is 0 Å². The number of hydrogen-bond donors (Lipinski definition) is 1. The minimum Gasteiger partial charge on any atom is -0.497 e. The van der Waals surface area contributed by atoms with Gasteiger partial charge in [0.05, 0.1) is 25.0 Å². The molecule has 1 saturated carbocycles. The number of carbonyl (C=O) groups is 1. The van der Waals surface area contributed by atoms with E-state index in [0.29, 0.717) is 29.1 Å². The molecule has 0 aliphatic heterocycles. The lowest BCUT2D eigenvalue weighted by atomic mass is 10.1. The van der Waals surface area contributed by atoms with Gasteiger partial charge in [0, 0.05) is 16.9 Å². The number of carbonyl (C=O) groups excluding carboxylic acids is 1. The Morgan fingerprint density at radius 3 is 2.81 bits per heavy atom. The van der Waals surface area contributed by atoms with Crippen LogP contribution in [0.25, 0.3) is 21.3 Å². The van der Waals surface area contributed by atoms with Crippen LogP contribution in [0.3, 0.4) is 0 Å². The first-order valence-corrected chi connectivity index (χ1v) is 9.32. The molecule has 26 heavy (non-hydrogen) atoms. The molecule has 0 saturated heterocycles. The van der Waals surface area contributed by atoms with Gasteiger partial charge in [-0.3, -0.25) is 9.59 Å². The number of H-pyrrole nitrogens is 1. The number of fused-ring (bicyclic) bond motifs is 1. The van der Waals surface area contributed by atoms with E-state index in [9.17, 15) is 9.59 Å². The standard InChI is InChI=1S/C19H18N2O4S/c1-3-25-19(23)13-8-12(13)16-20-17(22)15-14(9-26-18(15)21-16)10-4-6-11(24-2)7-5-10/h4-7,9,12-13H,3,8H2,1-2H3,(H,20,21,22)/t12-,13+/m1/s1. The number of hydrogen-bond acceptors (Lipinski definition) is 6. The topological polar surface area (TPSA) is 81.3 Å². The first kappa shape index (κ1) is 16.8. The lowest BCUT2D eigenvalue weighted by Gasteiger charge is -2.04. The molecule has 2 heterocycles. The van der Waals surface area contributed by atoms with Gasteiger partial charge in [-0.25, -0.2) is 4.98 Å². The number of aromatic nitrogens is 2. The van der Waals surface area contributed by atoms with Crippen molar-refractivity contribution < 1.29 is 14.3 Å². The average Bonchev–Trinajstić information content (AvgIpc) is 3.34. The minimum absolute atomic E-state index is 0.0577. The number of nitrogens with one attached hydrogen (secondary N) is 1. The largest absolute Gasteiger partial charge is 0.497 e. The average molecular weight is 370 g/mol. The number of rotatable bonds is 5. The second kappa shape index (κ2) is 6.57. The predicted molar refractivity (Wildman–Crippen MR) is 99.7 cm³/mol. The van der Waals surface area contributed by atoms with Crippen molar-refractivity contribution in [2.75, 3.05) is 13.7 Å². The highest BCUT2D eigenvalue weighted by atomic mass is 32.1. The van der Waals surface area contributed by atoms with Gasteiger partial charge in [0.2, 0.25) is 0 Å². The van der Waals surface area contributed by atoms with Crippen LogP contribution in [0.5, 0.6) is 5.75 Å². The summed E-state index contributed by atoms with van der Waals surface area (Å²) in [6.07, 6.45) is 0.671. The molecule has 1 fully saturated rings. The van der Waals surface area contributed by atoms with Crippen LogP contribution in [-0.2, 0) is 9.53 Å². The number of thiophene rings is 1. The monoisotopic (exact) mass is 370 g/mol. The van der Waals surface area contributed by atoms with E-state index in [-0.39, 0.29) is 23.4 Å². The third-order valence-corrected chi connectivity index (χ3v) is 5.47. The Labute approximate surface area is 153 Å². The van der Waals surface area contributed by atoms with Crippen LogP contribution in [0.2, 0.25) is 0 Å². The van der Waals surface area contributed by atoms with Crippen molar-refractivity contribution >= 4 is 27.5 Å². The minimum atomic E-state index is -0.217. The molecule has 1 aliphatic carbocycles. The van der Waals surface area contributed by atoms with E-state index in [4.69, 9.17) is 9.47 Å². The smallest absolute Gasteiger partial charge is 0.309 e. The maximum Gasteiger partial charge on any atom is 0.309 e. The summed E-state index contributed by atoms with van der Waals surface area (Å²) in [4.78, 5) is 32.7. The Morgan fingerprint density at radius 2 is 2.12 bits per heavy atom. The summed E-state index contributed by atoms with van der Waals surface area (Å²) in [5.41, 5.74) is 1.62. The molecule has 1 aliphatic rings. The molecule has 0 unspecified atom stereocenters. The molecule has 134 valence electrons. The van der Waals surface area contributed by atoms with Gasteiger partial charge in [0.25, 0.3) is 5.56 Å². The summed E-state index contributed by atoms with van der Waals surface area (Å²) in [5.74, 6) is 0.865. The molecule has 0 radical (unpaired) electrons. The van der Waals surface area contributed by atoms with E-state index in [1.807, 2.05) is 29.6 Å². The van der Waals surface area contributed by atoms with Gasteiger partial charge in [0.15, 0.2) is 0 Å². The zero-order valence-electron chi connectivity index (χ0n) is 14.4. The van der Waals surface area contributed by atoms with E-state index < -0.39 is 0 Å². The highest BCUT2D eigenvalue weighted by molar-refractivity contribution is 7.17. The van der Waals surface area contributed by atoms with Crippen molar-refractivity contribution in [3.8, 4) is 16.9 Å². The first-order chi connectivity index (χ1) is 12.6. The molecule has 2 atom stereocenters. The molecule has 0 spiro atoms. The van der Waals surface area contributed by atoms with Gasteiger partial charge in [-0.1, -0.05) is 12.1 Å². The molecule has 7 heteroatoms. The number of nitrogens with zero attached hydrogens (tertiary/aromatic N) is 1. The number of methoxy groups -OCH3 is 1. The van der Waals surface area contributed by atoms with Crippen LogP contribution in [0, 0.1) is 5.92 Å². The fourth-order valence-corrected chi connectivity index (χ4v) is 4.09. The molecule has 2 aromatic heterocycles. The SMILES string of the molecule is CCOC(=O)[C@H]1C[C@H]1c1nc2scc(-c3ccc(OC)cc3)c2c(=O)[nH]1. The zero-order valence-corrected chi connectivity index (χ0v) is 15.3. The maximum absolute atomic E-state index is 12.7. The zero-order chi connectivity index (χ0) is 18.3. The van der Waals surface area contributed by atoms with E-state index in [1.165, 1.54) is 11.3 Å². The molecule has 0 amide bonds. The molecule has 4 rings (SSSR count). The molecule has 1 N–H and O–H groups in total. The van der Waals surface area contributed by atoms with Crippen LogP contribution < -0.4 is 10.3 Å². The Balaban J connectivity index is 1.68. The van der Waals surface area contributed by atoms with Gasteiger partial charge in [-0.2, -0.15) is 0 Å². The third-order valence-electron chi connectivity index (χ3n) is 4.59. The van der Waals surface area contributed by atoms with Crippen molar-refractivity contribution in [1.29, 1.82) is 0 Å². The summed E-state index contributed by atoms with van der Waals surface area (Å²) in [5, 5.41) is 2.52. The fourth-order valence-electron chi connectivity index (χ4n) is 3.13. The quantitative estimate of drug-likeness (QED) is 0.697. The molecular weight excluding hydrogens is 352 g/mol. The van der Waals surface area contributed by atoms with Crippen LogP contribution in [0.4, 0.5) is 0 Å². The summed E-state index contributed by atoms with van der Waals surface area (Å²) in [6, 6.07) is 7.57. The van der Waals surface area contributed by atoms with Gasteiger partial charge in [0.1, 0.15) is 16.4 Å². The second-order valence-electron chi connectivity index (χ2n) is 6.21. The fraction of sp³-hybridized carbons (Fsp3) is 0.316. The summed E-state index contributed by atoms with van der Waals surface area (Å²) in [7, 11) is 1.62. The van der Waals surface area contributed by atoms with Crippen molar-refractivity contribution in [1.82, 2.24) is 9.97 Å². The van der Waals surface area contributed by atoms with Gasteiger partial charge in [-0.15, -0.1) is 11.3 Å². The Hall–Kier alpha value is -2.67. The molecule has 3 aromatic rings. The Bertz CT molecular complexity index is 1020. The van der Waals surface area contributed by atoms with Crippen LogP contribution >= 0.6 is 11.3 Å². The maximum atomic E-state index is 12.7. The van der Waals surface area contributed by atoms with Gasteiger partial charge >= 0.3 is 5.97 Å². The molecule has 1 aromatic carbocycles. The highest BCUT2D eigenvalue weighted by Gasteiger charge is 2.47.